The molecule has 0 rings (SSSR count). The van der Waals surface area contributed by atoms with Crippen LogP contribution in [-0.2, 0) is 4.79 Å². The molecule has 0 bridgehead atoms. The lowest BCUT2D eigenvalue weighted by molar-refractivity contribution is -0.132. The Bertz CT molecular complexity index is 802. The first-order valence-corrected chi connectivity index (χ1v) is 23.2. The highest BCUT2D eigenvalue weighted by Gasteiger charge is 2.28. The van der Waals surface area contributed by atoms with Crippen molar-refractivity contribution >= 4 is 5.91 Å². The van der Waals surface area contributed by atoms with Gasteiger partial charge in [-0.2, -0.15) is 0 Å². The van der Waals surface area contributed by atoms with Crippen molar-refractivity contribution in [2.24, 2.45) is 0 Å². The third-order valence-electron chi connectivity index (χ3n) is 10.9. The minimum atomic E-state index is -1.28. The van der Waals surface area contributed by atoms with E-state index in [0.717, 1.165) is 44.9 Å². The summed E-state index contributed by atoms with van der Waals surface area (Å²) in [6, 6.07) is -1.00. The molecule has 0 aromatic rings. The van der Waals surface area contributed by atoms with E-state index in [1.54, 1.807) is 0 Å². The van der Waals surface area contributed by atoms with Crippen LogP contribution < -0.4 is 5.32 Å². The number of aliphatic hydroxyl groups is 4. The summed E-state index contributed by atoms with van der Waals surface area (Å²) < 4.78 is 0. The molecule has 0 aliphatic rings. The Balaban J connectivity index is 3.74. The number of carbonyl (C=O) groups is 1. The first kappa shape index (κ1) is 51.8. The van der Waals surface area contributed by atoms with Gasteiger partial charge in [0.2, 0.25) is 5.91 Å². The monoisotopic (exact) mass is 750 g/mol. The predicted octanol–water partition coefficient (Wildman–Crippen LogP) is 12.4. The molecule has 0 radical (unpaired) electrons. The first-order valence-electron chi connectivity index (χ1n) is 23.2. The summed E-state index contributed by atoms with van der Waals surface area (Å²) in [6.07, 6.45) is 47.9. The number of nitrogens with one attached hydrogen (secondary N) is 1. The van der Waals surface area contributed by atoms with Crippen LogP contribution >= 0.6 is 0 Å². The minimum absolute atomic E-state index is 0.357. The third kappa shape index (κ3) is 36.2. The van der Waals surface area contributed by atoms with E-state index < -0.39 is 36.9 Å². The Morgan fingerprint density at radius 3 is 1.13 bits per heavy atom. The summed E-state index contributed by atoms with van der Waals surface area (Å²) in [4.78, 5) is 12.5. The van der Waals surface area contributed by atoms with Crippen LogP contribution in [0.15, 0.2) is 24.3 Å². The Hall–Kier alpha value is -1.21. The quantitative estimate of drug-likeness (QED) is 0.0315. The van der Waals surface area contributed by atoms with Gasteiger partial charge in [0.15, 0.2) is 0 Å². The standard InChI is InChI=1S/C47H91NO5/c1-3-5-7-9-11-13-15-17-19-20-21-22-23-24-25-27-29-31-33-35-37-39-41-45(51)47(53)48-43(42-49)46(52)44(50)40-38-36-34-32-30-28-26-18-16-14-12-10-8-6-4-2/h24-25,32,34,43-46,49-52H,3-23,26-31,33,35-42H2,1-2H3,(H,48,53)/b25-24-,34-32+. The van der Waals surface area contributed by atoms with Gasteiger partial charge >= 0.3 is 0 Å². The van der Waals surface area contributed by atoms with Crippen molar-refractivity contribution in [3.8, 4) is 0 Å². The van der Waals surface area contributed by atoms with Gasteiger partial charge in [0, 0.05) is 0 Å². The molecular weight excluding hydrogens is 659 g/mol. The molecule has 0 spiro atoms. The maximum absolute atomic E-state index is 12.5. The first-order chi connectivity index (χ1) is 26.0. The molecule has 6 nitrogen and oxygen atoms in total. The Morgan fingerprint density at radius 1 is 0.453 bits per heavy atom. The van der Waals surface area contributed by atoms with Gasteiger partial charge in [0.05, 0.1) is 18.8 Å². The average Bonchev–Trinajstić information content (AvgIpc) is 3.16. The highest BCUT2D eigenvalue weighted by Crippen LogP contribution is 2.16. The van der Waals surface area contributed by atoms with E-state index in [1.165, 1.54) is 167 Å². The van der Waals surface area contributed by atoms with Crippen LogP contribution in [0.4, 0.5) is 0 Å². The van der Waals surface area contributed by atoms with Crippen LogP contribution in [-0.4, -0.2) is 57.3 Å². The summed E-state index contributed by atoms with van der Waals surface area (Å²) in [5.74, 6) is -0.597. The fourth-order valence-corrected chi connectivity index (χ4v) is 7.16. The average molecular weight is 750 g/mol. The van der Waals surface area contributed by atoms with Crippen molar-refractivity contribution in [3.63, 3.8) is 0 Å². The zero-order valence-corrected chi connectivity index (χ0v) is 35.3. The summed E-state index contributed by atoms with van der Waals surface area (Å²) in [5.41, 5.74) is 0. The molecule has 4 unspecified atom stereocenters. The van der Waals surface area contributed by atoms with Gasteiger partial charge in [0.1, 0.15) is 12.2 Å². The fraction of sp³-hybridized carbons (Fsp3) is 0.894. The molecule has 6 heteroatoms. The number of amides is 1. The molecule has 0 fully saturated rings. The third-order valence-corrected chi connectivity index (χ3v) is 10.9. The molecule has 0 aromatic heterocycles. The van der Waals surface area contributed by atoms with Crippen molar-refractivity contribution in [1.29, 1.82) is 0 Å². The number of allylic oxidation sites excluding steroid dienone is 4. The predicted molar refractivity (Wildman–Crippen MR) is 228 cm³/mol. The molecule has 0 heterocycles. The van der Waals surface area contributed by atoms with Gasteiger partial charge in [-0.1, -0.05) is 199 Å². The number of aliphatic hydroxyl groups excluding tert-OH is 4. The van der Waals surface area contributed by atoms with Crippen LogP contribution in [0.5, 0.6) is 0 Å². The van der Waals surface area contributed by atoms with Crippen molar-refractivity contribution in [3.05, 3.63) is 24.3 Å². The lowest BCUT2D eigenvalue weighted by Gasteiger charge is -2.27. The molecule has 4 atom stereocenters. The molecule has 314 valence electrons. The maximum Gasteiger partial charge on any atom is 0.249 e. The fourth-order valence-electron chi connectivity index (χ4n) is 7.16. The van der Waals surface area contributed by atoms with Crippen LogP contribution in [0.1, 0.15) is 239 Å². The number of hydrogen-bond donors (Lipinski definition) is 5. The molecule has 0 aliphatic carbocycles. The number of rotatable bonds is 42. The minimum Gasteiger partial charge on any atom is -0.394 e. The van der Waals surface area contributed by atoms with E-state index in [1.807, 2.05) is 0 Å². The second-order valence-corrected chi connectivity index (χ2v) is 16.1. The largest absolute Gasteiger partial charge is 0.394 e. The molecule has 0 saturated heterocycles. The summed E-state index contributed by atoms with van der Waals surface area (Å²) in [6.45, 7) is 4.04. The smallest absolute Gasteiger partial charge is 0.249 e. The van der Waals surface area contributed by atoms with E-state index in [0.29, 0.717) is 12.8 Å². The van der Waals surface area contributed by atoms with Gasteiger partial charge in [-0.3, -0.25) is 4.79 Å². The zero-order valence-electron chi connectivity index (χ0n) is 35.3. The molecule has 5 N–H and O–H groups in total. The highest BCUT2D eigenvalue weighted by molar-refractivity contribution is 5.80. The number of carbonyl (C=O) groups excluding carboxylic acids is 1. The van der Waals surface area contributed by atoms with E-state index >= 15 is 0 Å². The van der Waals surface area contributed by atoms with E-state index in [4.69, 9.17) is 0 Å². The van der Waals surface area contributed by atoms with E-state index in [9.17, 15) is 25.2 Å². The Labute approximate surface area is 329 Å². The summed E-state index contributed by atoms with van der Waals surface area (Å²) >= 11 is 0. The second kappa shape index (κ2) is 41.9. The lowest BCUT2D eigenvalue weighted by atomic mass is 10.00. The van der Waals surface area contributed by atoms with Crippen molar-refractivity contribution in [1.82, 2.24) is 5.32 Å². The van der Waals surface area contributed by atoms with Gasteiger partial charge in [-0.05, 0) is 64.2 Å². The highest BCUT2D eigenvalue weighted by atomic mass is 16.3. The molecule has 1 amide bonds. The van der Waals surface area contributed by atoms with Crippen molar-refractivity contribution in [2.75, 3.05) is 6.61 Å². The van der Waals surface area contributed by atoms with Crippen LogP contribution in [0.2, 0.25) is 0 Å². The van der Waals surface area contributed by atoms with Crippen molar-refractivity contribution in [2.45, 2.75) is 263 Å². The topological polar surface area (TPSA) is 110 Å². The van der Waals surface area contributed by atoms with Crippen LogP contribution in [0.25, 0.3) is 0 Å². The van der Waals surface area contributed by atoms with Crippen LogP contribution in [0.3, 0.4) is 0 Å². The Morgan fingerprint density at radius 2 is 0.774 bits per heavy atom. The SMILES string of the molecule is CCCCCCCCCCCC/C=C/CCCC(O)C(O)C(CO)NC(=O)C(O)CCCCCCCC/C=C\CCCCCCCCCCCCCC. The maximum atomic E-state index is 12.5. The van der Waals surface area contributed by atoms with Gasteiger partial charge in [0.25, 0.3) is 0 Å². The molecule has 0 aromatic carbocycles. The Kier molecular flexibility index (Phi) is 41.0. The number of hydrogen-bond acceptors (Lipinski definition) is 5. The second-order valence-electron chi connectivity index (χ2n) is 16.1. The van der Waals surface area contributed by atoms with Crippen LogP contribution in [0, 0.1) is 0 Å². The molecule has 0 aliphatic heterocycles. The van der Waals surface area contributed by atoms with Gasteiger partial charge < -0.3 is 25.7 Å². The molecule has 53 heavy (non-hydrogen) atoms. The summed E-state index contributed by atoms with van der Waals surface area (Å²) in [5, 5.41) is 43.7. The van der Waals surface area contributed by atoms with Gasteiger partial charge in [-0.15, -0.1) is 0 Å². The van der Waals surface area contributed by atoms with Gasteiger partial charge in [-0.25, -0.2) is 0 Å². The molecule has 0 saturated carbocycles. The van der Waals surface area contributed by atoms with E-state index in [-0.39, 0.29) is 0 Å². The van der Waals surface area contributed by atoms with E-state index in [2.05, 4.69) is 43.5 Å². The number of unbranched alkanes of at least 4 members (excludes halogenated alkanes) is 29. The van der Waals surface area contributed by atoms with Crippen molar-refractivity contribution < 1.29 is 25.2 Å². The molecular formula is C47H91NO5. The summed E-state index contributed by atoms with van der Waals surface area (Å²) in [7, 11) is 0. The zero-order chi connectivity index (χ0) is 38.9. The normalized spacial score (nSPS) is 14.3. The lowest BCUT2D eigenvalue weighted by Crippen LogP contribution is -2.53.